The van der Waals surface area contributed by atoms with Crippen LogP contribution >= 0.6 is 0 Å². The summed E-state index contributed by atoms with van der Waals surface area (Å²) >= 11 is 0. The van der Waals surface area contributed by atoms with Crippen molar-refractivity contribution in [1.29, 1.82) is 0 Å². The summed E-state index contributed by atoms with van der Waals surface area (Å²) in [5, 5.41) is 0. The van der Waals surface area contributed by atoms with Crippen molar-refractivity contribution < 1.29 is 4.79 Å². The van der Waals surface area contributed by atoms with Crippen LogP contribution in [0, 0.1) is 12.8 Å². The van der Waals surface area contributed by atoms with Gasteiger partial charge in [0.2, 0.25) is 5.91 Å². The zero-order valence-electron chi connectivity index (χ0n) is 15.8. The van der Waals surface area contributed by atoms with Crippen molar-refractivity contribution in [2.45, 2.75) is 45.6 Å². The van der Waals surface area contributed by atoms with Crippen LogP contribution in [0.2, 0.25) is 0 Å². The van der Waals surface area contributed by atoms with E-state index in [1.54, 1.807) is 0 Å². The van der Waals surface area contributed by atoms with Crippen molar-refractivity contribution in [2.24, 2.45) is 5.92 Å². The highest BCUT2D eigenvalue weighted by molar-refractivity contribution is 5.76. The van der Waals surface area contributed by atoms with Crippen LogP contribution in [0.15, 0.2) is 46.1 Å². The van der Waals surface area contributed by atoms with E-state index in [9.17, 15) is 14.4 Å². The molecule has 2 aromatic rings. The van der Waals surface area contributed by atoms with Gasteiger partial charge in [-0.05, 0) is 49.7 Å². The molecule has 2 heterocycles. The highest BCUT2D eigenvalue weighted by atomic mass is 16.2. The average Bonchev–Trinajstić information content (AvgIpc) is 2.67. The Morgan fingerprint density at radius 1 is 1.22 bits per heavy atom. The Morgan fingerprint density at radius 2 is 2.04 bits per heavy atom. The molecule has 0 aliphatic carbocycles. The summed E-state index contributed by atoms with van der Waals surface area (Å²) in [5.74, 6) is 0.604. The monoisotopic (exact) mass is 369 g/mol. The van der Waals surface area contributed by atoms with Gasteiger partial charge in [-0.25, -0.2) is 4.79 Å². The smallest absolute Gasteiger partial charge is 0.328 e. The molecule has 0 spiro atoms. The number of rotatable bonds is 6. The summed E-state index contributed by atoms with van der Waals surface area (Å²) in [6.45, 7) is 4.02. The van der Waals surface area contributed by atoms with E-state index >= 15 is 0 Å². The minimum absolute atomic E-state index is 0.0775. The lowest BCUT2D eigenvalue weighted by Gasteiger charge is -2.33. The van der Waals surface area contributed by atoms with Gasteiger partial charge in [0.1, 0.15) is 0 Å². The Kier molecular flexibility index (Phi) is 6.27. The number of aromatic amines is 1. The molecule has 144 valence electrons. The third-order valence-electron chi connectivity index (χ3n) is 5.42. The summed E-state index contributed by atoms with van der Waals surface area (Å²) in [6.07, 6.45) is 6.05. The predicted molar refractivity (Wildman–Crippen MR) is 105 cm³/mol. The molecule has 6 nitrogen and oxygen atoms in total. The van der Waals surface area contributed by atoms with Crippen LogP contribution in [-0.2, 0) is 17.8 Å². The minimum Gasteiger partial charge on any atom is -0.342 e. The van der Waals surface area contributed by atoms with Crippen molar-refractivity contribution in [3.8, 4) is 0 Å². The van der Waals surface area contributed by atoms with Gasteiger partial charge >= 0.3 is 5.69 Å². The van der Waals surface area contributed by atoms with Crippen molar-refractivity contribution >= 4 is 5.91 Å². The Bertz CT molecular complexity index is 900. The van der Waals surface area contributed by atoms with Gasteiger partial charge in [-0.15, -0.1) is 0 Å². The molecular weight excluding hydrogens is 342 g/mol. The summed E-state index contributed by atoms with van der Waals surface area (Å²) in [7, 11) is 0. The molecule has 1 aliphatic heterocycles. The first kappa shape index (κ1) is 19.1. The normalized spacial score (nSPS) is 17.1. The van der Waals surface area contributed by atoms with Crippen molar-refractivity contribution in [2.75, 3.05) is 13.1 Å². The van der Waals surface area contributed by atoms with E-state index in [1.165, 1.54) is 28.0 Å². The SMILES string of the molecule is Cc1ccccc1CC[C@@H]1CCCN(C(=O)CCn2ccc(=O)[nH]c2=O)C1. The van der Waals surface area contributed by atoms with Crippen molar-refractivity contribution in [3.63, 3.8) is 0 Å². The average molecular weight is 369 g/mol. The molecule has 1 amide bonds. The number of H-pyrrole nitrogens is 1. The first-order valence-electron chi connectivity index (χ1n) is 9.65. The molecule has 1 atom stereocenters. The van der Waals surface area contributed by atoms with E-state index in [-0.39, 0.29) is 12.3 Å². The van der Waals surface area contributed by atoms with E-state index < -0.39 is 11.2 Å². The Morgan fingerprint density at radius 3 is 2.81 bits per heavy atom. The van der Waals surface area contributed by atoms with E-state index in [2.05, 4.69) is 36.2 Å². The third-order valence-corrected chi connectivity index (χ3v) is 5.42. The number of amides is 1. The highest BCUT2D eigenvalue weighted by Gasteiger charge is 2.23. The molecule has 1 aliphatic rings. The molecule has 0 unspecified atom stereocenters. The number of nitrogens with one attached hydrogen (secondary N) is 1. The van der Waals surface area contributed by atoms with Crippen molar-refractivity contribution in [1.82, 2.24) is 14.5 Å². The van der Waals surface area contributed by atoms with Gasteiger partial charge in [-0.1, -0.05) is 24.3 Å². The lowest BCUT2D eigenvalue weighted by molar-refractivity contribution is -0.133. The summed E-state index contributed by atoms with van der Waals surface area (Å²) in [4.78, 5) is 39.5. The van der Waals surface area contributed by atoms with Crippen LogP contribution in [-0.4, -0.2) is 33.4 Å². The standard InChI is InChI=1S/C21H27N3O3/c1-16-5-2-3-7-18(16)9-8-17-6-4-12-24(15-17)20(26)11-14-23-13-10-19(25)22-21(23)27/h2-3,5,7,10,13,17H,4,6,8-9,11-12,14-15H2,1H3,(H,22,25,27)/t17-/m0/s1. The number of benzene rings is 1. The number of carbonyl (C=O) groups excluding carboxylic acids is 1. The summed E-state index contributed by atoms with van der Waals surface area (Å²) in [5.41, 5.74) is 1.83. The summed E-state index contributed by atoms with van der Waals surface area (Å²) in [6, 6.07) is 9.77. The molecule has 3 rings (SSSR count). The lowest BCUT2D eigenvalue weighted by atomic mass is 9.90. The number of likely N-dealkylation sites (tertiary alicyclic amines) is 1. The second kappa shape index (κ2) is 8.84. The second-order valence-electron chi connectivity index (χ2n) is 7.37. The number of carbonyl (C=O) groups is 1. The number of aryl methyl sites for hydroxylation is 3. The third kappa shape index (κ3) is 5.18. The number of hydrogen-bond acceptors (Lipinski definition) is 3. The zero-order valence-corrected chi connectivity index (χ0v) is 15.8. The first-order chi connectivity index (χ1) is 13.0. The zero-order chi connectivity index (χ0) is 19.2. The fourth-order valence-electron chi connectivity index (χ4n) is 3.77. The van der Waals surface area contributed by atoms with Crippen LogP contribution in [0.3, 0.4) is 0 Å². The Labute approximate surface area is 158 Å². The summed E-state index contributed by atoms with van der Waals surface area (Å²) < 4.78 is 1.37. The molecule has 1 saturated heterocycles. The molecule has 1 fully saturated rings. The fraction of sp³-hybridized carbons (Fsp3) is 0.476. The van der Waals surface area contributed by atoms with E-state index in [0.29, 0.717) is 12.5 Å². The van der Waals surface area contributed by atoms with Crippen LogP contribution in [0.5, 0.6) is 0 Å². The van der Waals surface area contributed by atoms with Gasteiger partial charge in [-0.3, -0.25) is 14.6 Å². The topological polar surface area (TPSA) is 75.2 Å². The fourth-order valence-corrected chi connectivity index (χ4v) is 3.77. The lowest BCUT2D eigenvalue weighted by Crippen LogP contribution is -2.41. The molecule has 0 saturated carbocycles. The number of nitrogens with zero attached hydrogens (tertiary/aromatic N) is 2. The number of aromatic nitrogens is 2. The van der Waals surface area contributed by atoms with Gasteiger partial charge in [0.15, 0.2) is 0 Å². The van der Waals surface area contributed by atoms with Crippen LogP contribution in [0.1, 0.15) is 36.8 Å². The minimum atomic E-state index is -0.468. The first-order valence-corrected chi connectivity index (χ1v) is 9.65. The van der Waals surface area contributed by atoms with Gasteiger partial charge in [0.25, 0.3) is 5.56 Å². The van der Waals surface area contributed by atoms with E-state index in [0.717, 1.165) is 38.8 Å². The highest BCUT2D eigenvalue weighted by Crippen LogP contribution is 2.23. The maximum Gasteiger partial charge on any atom is 0.328 e. The molecule has 1 aromatic heterocycles. The molecular formula is C21H27N3O3. The predicted octanol–water partition coefficient (Wildman–Crippen LogP) is 2.11. The Hall–Kier alpha value is -2.63. The maximum absolute atomic E-state index is 12.6. The molecule has 0 radical (unpaired) electrons. The second-order valence-corrected chi connectivity index (χ2v) is 7.37. The van der Waals surface area contributed by atoms with Gasteiger partial charge < -0.3 is 9.47 Å². The van der Waals surface area contributed by atoms with Gasteiger partial charge in [-0.2, -0.15) is 0 Å². The molecule has 27 heavy (non-hydrogen) atoms. The largest absolute Gasteiger partial charge is 0.342 e. The number of hydrogen-bond donors (Lipinski definition) is 1. The Balaban J connectivity index is 1.51. The number of piperidine rings is 1. The van der Waals surface area contributed by atoms with Crippen molar-refractivity contribution in [3.05, 3.63) is 68.5 Å². The van der Waals surface area contributed by atoms with Crippen LogP contribution in [0.4, 0.5) is 0 Å². The molecule has 6 heteroatoms. The quantitative estimate of drug-likeness (QED) is 0.847. The van der Waals surface area contributed by atoms with E-state index in [1.807, 2.05) is 4.90 Å². The van der Waals surface area contributed by atoms with Gasteiger partial charge in [0, 0.05) is 38.3 Å². The molecule has 1 aromatic carbocycles. The van der Waals surface area contributed by atoms with E-state index in [4.69, 9.17) is 0 Å². The maximum atomic E-state index is 12.6. The van der Waals surface area contributed by atoms with Gasteiger partial charge in [0.05, 0.1) is 0 Å². The molecule has 1 N–H and O–H groups in total. The molecule has 0 bridgehead atoms. The van der Waals surface area contributed by atoms with Crippen LogP contribution in [0.25, 0.3) is 0 Å². The van der Waals surface area contributed by atoms with Crippen LogP contribution < -0.4 is 11.2 Å².